The molecule has 0 spiro atoms. The quantitative estimate of drug-likeness (QED) is 0.795. The third kappa shape index (κ3) is 4.24. The van der Waals surface area contributed by atoms with Crippen LogP contribution in [0.5, 0.6) is 5.75 Å². The first-order valence-electron chi connectivity index (χ1n) is 7.32. The SMILES string of the molecule is CCC(O)(CC)COc1ccc(C(C)(C)CC)cc1. The smallest absolute Gasteiger partial charge is 0.119 e. The van der Waals surface area contributed by atoms with E-state index in [1.807, 2.05) is 26.0 Å². The minimum absolute atomic E-state index is 0.200. The maximum atomic E-state index is 10.2. The van der Waals surface area contributed by atoms with Crippen LogP contribution in [-0.2, 0) is 5.41 Å². The molecule has 1 aromatic carbocycles. The molecule has 0 radical (unpaired) electrons. The highest BCUT2D eigenvalue weighted by atomic mass is 16.5. The fraction of sp³-hybridized carbons (Fsp3) is 0.647. The van der Waals surface area contributed by atoms with E-state index in [4.69, 9.17) is 4.74 Å². The molecule has 0 amide bonds. The van der Waals surface area contributed by atoms with Gasteiger partial charge in [-0.15, -0.1) is 0 Å². The van der Waals surface area contributed by atoms with Crippen molar-refractivity contribution >= 4 is 0 Å². The third-order valence-corrected chi connectivity index (χ3v) is 4.34. The Morgan fingerprint density at radius 3 is 1.89 bits per heavy atom. The molecule has 0 aliphatic rings. The lowest BCUT2D eigenvalue weighted by molar-refractivity contribution is -0.0113. The van der Waals surface area contributed by atoms with Crippen molar-refractivity contribution in [3.8, 4) is 5.75 Å². The summed E-state index contributed by atoms with van der Waals surface area (Å²) in [6.07, 6.45) is 2.54. The Labute approximate surface area is 117 Å². The van der Waals surface area contributed by atoms with Crippen LogP contribution >= 0.6 is 0 Å². The van der Waals surface area contributed by atoms with Crippen molar-refractivity contribution in [2.45, 2.75) is 64.9 Å². The zero-order chi connectivity index (χ0) is 14.5. The van der Waals surface area contributed by atoms with Crippen molar-refractivity contribution < 1.29 is 9.84 Å². The van der Waals surface area contributed by atoms with Gasteiger partial charge in [0.05, 0.1) is 5.60 Å². The highest BCUT2D eigenvalue weighted by molar-refractivity contribution is 5.31. The first-order valence-corrected chi connectivity index (χ1v) is 7.32. The second-order valence-corrected chi connectivity index (χ2v) is 5.98. The molecule has 0 aliphatic heterocycles. The van der Waals surface area contributed by atoms with E-state index in [0.717, 1.165) is 12.2 Å². The summed E-state index contributed by atoms with van der Waals surface area (Å²) in [4.78, 5) is 0. The number of benzene rings is 1. The lowest BCUT2D eigenvalue weighted by Crippen LogP contribution is -2.34. The van der Waals surface area contributed by atoms with E-state index in [1.54, 1.807) is 0 Å². The predicted octanol–water partition coefficient (Wildman–Crippen LogP) is 4.30. The minimum Gasteiger partial charge on any atom is -0.491 e. The Balaban J connectivity index is 2.68. The summed E-state index contributed by atoms with van der Waals surface area (Å²) in [6.45, 7) is 11.0. The van der Waals surface area contributed by atoms with Crippen molar-refractivity contribution in [2.24, 2.45) is 0 Å². The van der Waals surface area contributed by atoms with Crippen LogP contribution < -0.4 is 4.74 Å². The molecule has 19 heavy (non-hydrogen) atoms. The van der Waals surface area contributed by atoms with Crippen LogP contribution in [0.25, 0.3) is 0 Å². The van der Waals surface area contributed by atoms with E-state index in [9.17, 15) is 5.11 Å². The van der Waals surface area contributed by atoms with Gasteiger partial charge in [-0.2, -0.15) is 0 Å². The predicted molar refractivity (Wildman–Crippen MR) is 80.8 cm³/mol. The summed E-state index contributed by atoms with van der Waals surface area (Å²) in [5.74, 6) is 0.830. The van der Waals surface area contributed by atoms with Gasteiger partial charge in [0.25, 0.3) is 0 Å². The highest BCUT2D eigenvalue weighted by Gasteiger charge is 2.23. The van der Waals surface area contributed by atoms with Gasteiger partial charge in [0.15, 0.2) is 0 Å². The molecular formula is C17H28O2. The van der Waals surface area contributed by atoms with Gasteiger partial charge >= 0.3 is 0 Å². The summed E-state index contributed by atoms with van der Waals surface area (Å²) in [7, 11) is 0. The van der Waals surface area contributed by atoms with E-state index in [-0.39, 0.29) is 5.41 Å². The maximum Gasteiger partial charge on any atom is 0.119 e. The van der Waals surface area contributed by atoms with Gasteiger partial charge in [0.2, 0.25) is 0 Å². The molecule has 108 valence electrons. The summed E-state index contributed by atoms with van der Waals surface area (Å²) in [5.41, 5.74) is 0.816. The van der Waals surface area contributed by atoms with E-state index in [2.05, 4.69) is 32.9 Å². The summed E-state index contributed by atoms with van der Waals surface area (Å²) >= 11 is 0. The highest BCUT2D eigenvalue weighted by Crippen LogP contribution is 2.28. The van der Waals surface area contributed by atoms with Crippen molar-refractivity contribution in [3.63, 3.8) is 0 Å². The average Bonchev–Trinajstić information content (AvgIpc) is 2.45. The fourth-order valence-corrected chi connectivity index (χ4v) is 1.88. The number of rotatable bonds is 7. The van der Waals surface area contributed by atoms with Crippen LogP contribution in [0, 0.1) is 0 Å². The van der Waals surface area contributed by atoms with E-state index in [1.165, 1.54) is 5.56 Å². The van der Waals surface area contributed by atoms with Crippen LogP contribution in [0.3, 0.4) is 0 Å². The van der Waals surface area contributed by atoms with E-state index < -0.39 is 5.60 Å². The number of ether oxygens (including phenoxy) is 1. The lowest BCUT2D eigenvalue weighted by Gasteiger charge is -2.26. The van der Waals surface area contributed by atoms with Crippen molar-refractivity contribution in [1.29, 1.82) is 0 Å². The molecule has 0 heterocycles. The molecule has 0 aliphatic carbocycles. The van der Waals surface area contributed by atoms with Crippen molar-refractivity contribution in [1.82, 2.24) is 0 Å². The van der Waals surface area contributed by atoms with Gasteiger partial charge in [-0.1, -0.05) is 46.8 Å². The summed E-state index contributed by atoms with van der Waals surface area (Å²) in [6, 6.07) is 8.24. The molecule has 2 heteroatoms. The Kier molecular flexibility index (Phi) is 5.42. The first-order chi connectivity index (χ1) is 8.87. The topological polar surface area (TPSA) is 29.5 Å². The second-order valence-electron chi connectivity index (χ2n) is 5.98. The molecule has 0 unspecified atom stereocenters. The zero-order valence-corrected chi connectivity index (χ0v) is 13.0. The Morgan fingerprint density at radius 2 is 1.47 bits per heavy atom. The van der Waals surface area contributed by atoms with Gasteiger partial charge < -0.3 is 9.84 Å². The normalized spacial score (nSPS) is 12.5. The van der Waals surface area contributed by atoms with Crippen LogP contribution in [0.2, 0.25) is 0 Å². The van der Waals surface area contributed by atoms with E-state index in [0.29, 0.717) is 19.4 Å². The standard InChI is InChI=1S/C17H28O2/c1-6-16(4,5)14-9-11-15(12-10-14)19-13-17(18,7-2)8-3/h9-12,18H,6-8,13H2,1-5H3. The van der Waals surface area contributed by atoms with Crippen molar-refractivity contribution in [3.05, 3.63) is 29.8 Å². The number of aliphatic hydroxyl groups is 1. The fourth-order valence-electron chi connectivity index (χ4n) is 1.88. The molecule has 0 atom stereocenters. The Hall–Kier alpha value is -1.02. The van der Waals surface area contributed by atoms with Crippen LogP contribution in [0.4, 0.5) is 0 Å². The maximum absolute atomic E-state index is 10.2. The monoisotopic (exact) mass is 264 g/mol. The summed E-state index contributed by atoms with van der Waals surface area (Å²) < 4.78 is 5.70. The molecule has 0 saturated carbocycles. The molecule has 1 N–H and O–H groups in total. The van der Waals surface area contributed by atoms with Gasteiger partial charge in [0, 0.05) is 0 Å². The zero-order valence-electron chi connectivity index (χ0n) is 13.0. The van der Waals surface area contributed by atoms with Crippen LogP contribution in [-0.4, -0.2) is 17.3 Å². The van der Waals surface area contributed by atoms with Gasteiger partial charge in [0.1, 0.15) is 12.4 Å². The molecule has 0 fully saturated rings. The van der Waals surface area contributed by atoms with Gasteiger partial charge in [-0.05, 0) is 42.4 Å². The first kappa shape index (κ1) is 16.0. The second kappa shape index (κ2) is 6.42. The van der Waals surface area contributed by atoms with Crippen LogP contribution in [0.15, 0.2) is 24.3 Å². The lowest BCUT2D eigenvalue weighted by atomic mass is 9.82. The molecular weight excluding hydrogens is 236 g/mol. The van der Waals surface area contributed by atoms with Crippen molar-refractivity contribution in [2.75, 3.05) is 6.61 Å². The summed E-state index contributed by atoms with van der Waals surface area (Å²) in [5, 5.41) is 10.2. The number of hydrogen-bond donors (Lipinski definition) is 1. The van der Waals surface area contributed by atoms with E-state index >= 15 is 0 Å². The Bertz CT molecular complexity index is 375. The molecule has 0 aromatic heterocycles. The molecule has 1 rings (SSSR count). The minimum atomic E-state index is -0.707. The molecule has 2 nitrogen and oxygen atoms in total. The Morgan fingerprint density at radius 1 is 0.947 bits per heavy atom. The molecule has 0 bridgehead atoms. The van der Waals surface area contributed by atoms with Crippen LogP contribution in [0.1, 0.15) is 59.4 Å². The van der Waals surface area contributed by atoms with Gasteiger partial charge in [-0.3, -0.25) is 0 Å². The average molecular weight is 264 g/mol. The molecule has 1 aromatic rings. The third-order valence-electron chi connectivity index (χ3n) is 4.34. The number of hydrogen-bond acceptors (Lipinski definition) is 2. The molecule has 0 saturated heterocycles. The van der Waals surface area contributed by atoms with Gasteiger partial charge in [-0.25, -0.2) is 0 Å². The largest absolute Gasteiger partial charge is 0.491 e.